The second-order valence-electron chi connectivity index (χ2n) is 9.17. The number of hydrogen-bond acceptors (Lipinski definition) is 5. The van der Waals surface area contributed by atoms with E-state index in [2.05, 4.69) is 30.3 Å². The molecule has 0 saturated carbocycles. The van der Waals surface area contributed by atoms with Crippen LogP contribution in [0.25, 0.3) is 0 Å². The summed E-state index contributed by atoms with van der Waals surface area (Å²) in [7, 11) is -1.55. The smallest absolute Gasteiger partial charge is 0.168 e. The second-order valence-corrected chi connectivity index (χ2v) is 13.4. The van der Waals surface area contributed by atoms with Gasteiger partial charge in [0.25, 0.3) is 0 Å². The minimum atomic E-state index is -3.32. The lowest BCUT2D eigenvalue weighted by atomic mass is 9.86. The number of rotatable bonds is 4. The number of hydrogen-bond donors (Lipinski definition) is 0. The minimum absolute atomic E-state index is 0.299. The highest BCUT2D eigenvalue weighted by atomic mass is 32.2. The molecule has 0 N–H and O–H groups in total. The molecule has 6 heteroatoms. The van der Waals surface area contributed by atoms with Gasteiger partial charge in [-0.2, -0.15) is 0 Å². The van der Waals surface area contributed by atoms with E-state index in [0.29, 0.717) is 13.2 Å². The van der Waals surface area contributed by atoms with Crippen LogP contribution in [0.1, 0.15) is 57.2 Å². The van der Waals surface area contributed by atoms with Gasteiger partial charge in [0.2, 0.25) is 0 Å². The lowest BCUT2D eigenvalue weighted by molar-refractivity contribution is -0.0948. The van der Waals surface area contributed by atoms with Crippen molar-refractivity contribution in [2.45, 2.75) is 65.4 Å². The van der Waals surface area contributed by atoms with E-state index in [4.69, 9.17) is 9.47 Å². The largest absolute Gasteiger partial charge is 0.381 e. The summed E-state index contributed by atoms with van der Waals surface area (Å²) in [6.45, 7) is 8.66. The predicted octanol–water partition coefficient (Wildman–Crippen LogP) is 5.39. The molecule has 2 aliphatic heterocycles. The molecule has 2 heterocycles. The first-order valence-corrected chi connectivity index (χ1v) is 12.7. The molecule has 1 fully saturated rings. The number of methoxy groups -OCH3 is 1. The monoisotopic (exact) mass is 446 g/mol. The standard InChI is InChI=1S/C24H30O4S2/c1-22(2)20-10-9-19(16-21(20)23(3,4)30(22,25)26)29-18-8-6-7-17(15-18)24(27-5)11-13-28-14-12-24/h6-10,15-16H,11-14H2,1-5H3. The lowest BCUT2D eigenvalue weighted by Gasteiger charge is -2.36. The average Bonchev–Trinajstić information content (AvgIpc) is 2.83. The van der Waals surface area contributed by atoms with Crippen molar-refractivity contribution in [1.82, 2.24) is 0 Å². The molecule has 2 aliphatic rings. The molecular formula is C24H30O4S2. The van der Waals surface area contributed by atoms with E-state index in [1.165, 1.54) is 5.56 Å². The Morgan fingerprint density at radius 3 is 2.20 bits per heavy atom. The third kappa shape index (κ3) is 3.15. The molecule has 2 aromatic carbocycles. The zero-order chi connectivity index (χ0) is 21.8. The van der Waals surface area contributed by atoms with E-state index in [0.717, 1.165) is 33.8 Å². The Labute approximate surface area is 184 Å². The summed E-state index contributed by atoms with van der Waals surface area (Å²) < 4.78 is 36.0. The van der Waals surface area contributed by atoms with Gasteiger partial charge in [0, 0.05) is 43.0 Å². The molecule has 0 radical (unpaired) electrons. The Morgan fingerprint density at radius 2 is 1.53 bits per heavy atom. The second kappa shape index (κ2) is 7.37. The van der Waals surface area contributed by atoms with Gasteiger partial charge >= 0.3 is 0 Å². The Morgan fingerprint density at radius 1 is 0.900 bits per heavy atom. The highest BCUT2D eigenvalue weighted by Crippen LogP contribution is 2.53. The van der Waals surface area contributed by atoms with Gasteiger partial charge in [-0.05, 0) is 68.7 Å². The molecule has 0 aliphatic carbocycles. The zero-order valence-electron chi connectivity index (χ0n) is 18.3. The molecular weight excluding hydrogens is 416 g/mol. The maximum atomic E-state index is 13.1. The predicted molar refractivity (Wildman–Crippen MR) is 121 cm³/mol. The van der Waals surface area contributed by atoms with E-state index in [9.17, 15) is 8.42 Å². The summed E-state index contributed by atoms with van der Waals surface area (Å²) in [6, 6.07) is 14.6. The van der Waals surface area contributed by atoms with E-state index in [-0.39, 0.29) is 5.60 Å². The van der Waals surface area contributed by atoms with Crippen molar-refractivity contribution < 1.29 is 17.9 Å². The molecule has 0 unspecified atom stereocenters. The van der Waals surface area contributed by atoms with Crippen LogP contribution in [0.3, 0.4) is 0 Å². The van der Waals surface area contributed by atoms with Gasteiger partial charge in [0.05, 0.1) is 15.1 Å². The van der Waals surface area contributed by atoms with Crippen LogP contribution in [0.5, 0.6) is 0 Å². The van der Waals surface area contributed by atoms with Crippen molar-refractivity contribution in [2.75, 3.05) is 20.3 Å². The van der Waals surface area contributed by atoms with Crippen LogP contribution >= 0.6 is 11.8 Å². The summed E-state index contributed by atoms with van der Waals surface area (Å²) in [5.41, 5.74) is 2.69. The van der Waals surface area contributed by atoms with Gasteiger partial charge in [0.1, 0.15) is 0 Å². The summed E-state index contributed by atoms with van der Waals surface area (Å²) in [5, 5.41) is 0. The van der Waals surface area contributed by atoms with Gasteiger partial charge in [-0.25, -0.2) is 8.42 Å². The van der Waals surface area contributed by atoms with Gasteiger partial charge in [-0.1, -0.05) is 30.0 Å². The van der Waals surface area contributed by atoms with E-state index < -0.39 is 19.3 Å². The van der Waals surface area contributed by atoms with Crippen molar-refractivity contribution in [3.8, 4) is 0 Å². The molecule has 30 heavy (non-hydrogen) atoms. The Balaban J connectivity index is 1.68. The first-order chi connectivity index (χ1) is 14.0. The van der Waals surface area contributed by atoms with E-state index >= 15 is 0 Å². The number of ether oxygens (including phenoxy) is 2. The van der Waals surface area contributed by atoms with Gasteiger partial charge in [0.15, 0.2) is 9.84 Å². The molecule has 0 bridgehead atoms. The molecule has 0 atom stereocenters. The van der Waals surface area contributed by atoms with Crippen molar-refractivity contribution in [1.29, 1.82) is 0 Å². The fourth-order valence-electron chi connectivity index (χ4n) is 4.83. The van der Waals surface area contributed by atoms with Crippen LogP contribution in [0.15, 0.2) is 52.3 Å². The number of sulfone groups is 1. The third-order valence-corrected chi connectivity index (χ3v) is 11.0. The van der Waals surface area contributed by atoms with Gasteiger partial charge in [-0.3, -0.25) is 0 Å². The van der Waals surface area contributed by atoms with Crippen LogP contribution in [0.2, 0.25) is 0 Å². The van der Waals surface area contributed by atoms with Crippen LogP contribution in [0.4, 0.5) is 0 Å². The summed E-state index contributed by atoms with van der Waals surface area (Å²) in [5.74, 6) is 0. The summed E-state index contributed by atoms with van der Waals surface area (Å²) >= 11 is 1.66. The Kier molecular flexibility index (Phi) is 5.37. The maximum absolute atomic E-state index is 13.1. The van der Waals surface area contributed by atoms with Crippen LogP contribution < -0.4 is 0 Å². The van der Waals surface area contributed by atoms with Crippen LogP contribution in [-0.2, 0) is 34.4 Å². The van der Waals surface area contributed by atoms with Crippen molar-refractivity contribution in [3.05, 3.63) is 59.2 Å². The molecule has 2 aromatic rings. The summed E-state index contributed by atoms with van der Waals surface area (Å²) in [4.78, 5) is 2.17. The minimum Gasteiger partial charge on any atom is -0.381 e. The van der Waals surface area contributed by atoms with Crippen molar-refractivity contribution >= 4 is 21.6 Å². The fraction of sp³-hybridized carbons (Fsp3) is 0.500. The van der Waals surface area contributed by atoms with E-state index in [1.807, 2.05) is 39.8 Å². The van der Waals surface area contributed by atoms with Crippen molar-refractivity contribution in [2.24, 2.45) is 0 Å². The lowest BCUT2D eigenvalue weighted by Crippen LogP contribution is -2.35. The highest BCUT2D eigenvalue weighted by molar-refractivity contribution is 7.99. The molecule has 0 spiro atoms. The number of benzene rings is 2. The number of fused-ring (bicyclic) bond motifs is 1. The quantitative estimate of drug-likeness (QED) is 0.630. The zero-order valence-corrected chi connectivity index (χ0v) is 20.0. The molecule has 4 rings (SSSR count). The molecule has 4 nitrogen and oxygen atoms in total. The third-order valence-electron chi connectivity index (χ3n) is 6.92. The van der Waals surface area contributed by atoms with E-state index in [1.54, 1.807) is 18.9 Å². The van der Waals surface area contributed by atoms with Gasteiger partial charge in [-0.15, -0.1) is 0 Å². The first-order valence-electron chi connectivity index (χ1n) is 10.4. The molecule has 0 amide bonds. The maximum Gasteiger partial charge on any atom is 0.168 e. The van der Waals surface area contributed by atoms with Crippen LogP contribution in [-0.4, -0.2) is 28.7 Å². The normalized spacial score (nSPS) is 23.1. The Bertz CT molecular complexity index is 1060. The average molecular weight is 447 g/mol. The fourth-order valence-corrected chi connectivity index (χ4v) is 7.95. The SMILES string of the molecule is COC1(c2cccc(Sc3ccc4c(c3)C(C)(C)S(=O)(=O)C4(C)C)c2)CCOCC1. The van der Waals surface area contributed by atoms with Crippen molar-refractivity contribution in [3.63, 3.8) is 0 Å². The first kappa shape index (κ1) is 21.9. The molecule has 0 aromatic heterocycles. The van der Waals surface area contributed by atoms with Gasteiger partial charge < -0.3 is 9.47 Å². The molecule has 162 valence electrons. The topological polar surface area (TPSA) is 52.6 Å². The van der Waals surface area contributed by atoms with Crippen LogP contribution in [0, 0.1) is 0 Å². The highest BCUT2D eigenvalue weighted by Gasteiger charge is 2.56. The Hall–Kier alpha value is -1.34. The molecule has 1 saturated heterocycles. The summed E-state index contributed by atoms with van der Waals surface area (Å²) in [6.07, 6.45) is 1.69.